The average molecular weight is 278 g/mol. The maximum Gasteiger partial charge on any atom is 0.283 e. The predicted octanol–water partition coefficient (Wildman–Crippen LogP) is 2.75. The second kappa shape index (κ2) is 3.77. The zero-order valence-electron chi connectivity index (χ0n) is 6.52. The lowest BCUT2D eigenvalue weighted by molar-refractivity contribution is 0.429. The van der Waals surface area contributed by atoms with Crippen LogP contribution >= 0.6 is 39.0 Å². The molecule has 0 saturated carbocycles. The van der Waals surface area contributed by atoms with Crippen molar-refractivity contribution in [2.45, 2.75) is 16.5 Å². The van der Waals surface area contributed by atoms with Crippen molar-refractivity contribution < 1.29 is 4.42 Å². The molecule has 0 fully saturated rings. The van der Waals surface area contributed by atoms with E-state index in [-0.39, 0.29) is 0 Å². The molecule has 2 heterocycles. The predicted molar refractivity (Wildman–Crippen MR) is 53.0 cm³/mol. The summed E-state index contributed by atoms with van der Waals surface area (Å²) in [6.07, 6.45) is 0. The van der Waals surface area contributed by atoms with Gasteiger partial charge in [-0.2, -0.15) is 0 Å². The van der Waals surface area contributed by atoms with Crippen LogP contribution in [0.15, 0.2) is 24.0 Å². The van der Waals surface area contributed by atoms with Gasteiger partial charge in [0.2, 0.25) is 5.89 Å². The molecule has 0 saturated heterocycles. The molecule has 2 rings (SSSR count). The molecule has 7 heteroatoms. The molecule has 2 aromatic heterocycles. The monoisotopic (exact) mass is 277 g/mol. The third-order valence-electron chi connectivity index (χ3n) is 1.14. The Morgan fingerprint density at radius 2 is 2.38 bits per heavy atom. The summed E-state index contributed by atoms with van der Waals surface area (Å²) >= 11 is 6.17. The van der Waals surface area contributed by atoms with Crippen LogP contribution in [0, 0.1) is 6.92 Å². The number of aryl methyl sites for hydroxylation is 1. The summed E-state index contributed by atoms with van der Waals surface area (Å²) < 4.78 is 6.90. The highest BCUT2D eigenvalue weighted by Crippen LogP contribution is 2.30. The molecule has 0 aliphatic carbocycles. The molecule has 0 spiro atoms. The molecule has 0 aliphatic rings. The maximum atomic E-state index is 5.19. The lowest BCUT2D eigenvalue weighted by Gasteiger charge is -1.85. The summed E-state index contributed by atoms with van der Waals surface area (Å²) in [5, 5.41) is 10.0. The molecule has 0 bridgehead atoms. The molecule has 0 atom stereocenters. The van der Waals surface area contributed by atoms with Crippen molar-refractivity contribution in [2.75, 3.05) is 0 Å². The van der Waals surface area contributed by atoms with E-state index in [1.165, 1.54) is 23.1 Å². The number of thiazole rings is 1. The lowest BCUT2D eigenvalue weighted by atomic mass is 10.8. The normalized spacial score (nSPS) is 10.6. The molecule has 0 aliphatic heterocycles. The molecular formula is C6H4BrN3OS2. The second-order valence-corrected chi connectivity index (χ2v) is 4.99. The highest BCUT2D eigenvalue weighted by molar-refractivity contribution is 9.10. The number of hydrogen-bond acceptors (Lipinski definition) is 6. The summed E-state index contributed by atoms with van der Waals surface area (Å²) in [4.78, 5) is 4.19. The maximum absolute atomic E-state index is 5.19. The van der Waals surface area contributed by atoms with Crippen LogP contribution in [0.5, 0.6) is 0 Å². The Labute approximate surface area is 90.9 Å². The summed E-state index contributed by atoms with van der Waals surface area (Å²) in [7, 11) is 0. The van der Waals surface area contributed by atoms with Crippen LogP contribution in [0.2, 0.25) is 0 Å². The van der Waals surface area contributed by atoms with Crippen molar-refractivity contribution in [1.29, 1.82) is 0 Å². The topological polar surface area (TPSA) is 51.8 Å². The number of halogens is 1. The van der Waals surface area contributed by atoms with Crippen LogP contribution in [0.1, 0.15) is 5.89 Å². The third kappa shape index (κ3) is 2.29. The summed E-state index contributed by atoms with van der Waals surface area (Å²) in [5.41, 5.74) is 0. The Morgan fingerprint density at radius 3 is 2.92 bits per heavy atom. The van der Waals surface area contributed by atoms with E-state index in [1.807, 2.05) is 5.38 Å². The summed E-state index contributed by atoms with van der Waals surface area (Å²) in [6.45, 7) is 1.76. The smallest absolute Gasteiger partial charge is 0.283 e. The van der Waals surface area contributed by atoms with E-state index in [1.54, 1.807) is 6.92 Å². The molecule has 13 heavy (non-hydrogen) atoms. The fourth-order valence-corrected chi connectivity index (χ4v) is 2.86. The minimum Gasteiger partial charge on any atom is -0.416 e. The first kappa shape index (κ1) is 9.17. The van der Waals surface area contributed by atoms with Crippen LogP contribution in [-0.4, -0.2) is 15.2 Å². The quantitative estimate of drug-likeness (QED) is 0.845. The minimum absolute atomic E-state index is 0.527. The first-order valence-electron chi connectivity index (χ1n) is 3.33. The van der Waals surface area contributed by atoms with Crippen LogP contribution in [0.3, 0.4) is 0 Å². The van der Waals surface area contributed by atoms with Gasteiger partial charge in [0.05, 0.1) is 0 Å². The van der Waals surface area contributed by atoms with E-state index in [0.29, 0.717) is 11.1 Å². The van der Waals surface area contributed by atoms with Crippen LogP contribution in [0.25, 0.3) is 0 Å². The van der Waals surface area contributed by atoms with E-state index in [0.717, 1.165) is 8.94 Å². The van der Waals surface area contributed by atoms with E-state index < -0.39 is 0 Å². The van der Waals surface area contributed by atoms with Crippen LogP contribution < -0.4 is 0 Å². The summed E-state index contributed by atoms with van der Waals surface area (Å²) in [6, 6.07) is 0. The third-order valence-corrected chi connectivity index (χ3v) is 3.62. The first-order chi connectivity index (χ1) is 6.24. The lowest BCUT2D eigenvalue weighted by Crippen LogP contribution is -1.71. The van der Waals surface area contributed by atoms with Crippen molar-refractivity contribution in [3.05, 3.63) is 15.9 Å². The standard InChI is InChI=1S/C6H4BrN3OS2/c1-3-9-10-5(11-3)13-6-8-4(7)2-12-6/h2H,1H3. The SMILES string of the molecule is Cc1nnc(Sc2nc(Br)cs2)o1. The molecular weight excluding hydrogens is 274 g/mol. The van der Waals surface area contributed by atoms with Crippen molar-refractivity contribution in [1.82, 2.24) is 15.2 Å². The van der Waals surface area contributed by atoms with E-state index in [2.05, 4.69) is 31.1 Å². The van der Waals surface area contributed by atoms with E-state index >= 15 is 0 Å². The average Bonchev–Trinajstić information content (AvgIpc) is 2.62. The zero-order valence-corrected chi connectivity index (χ0v) is 9.74. The highest BCUT2D eigenvalue weighted by atomic mass is 79.9. The first-order valence-corrected chi connectivity index (χ1v) is 5.82. The van der Waals surface area contributed by atoms with Gasteiger partial charge in [-0.1, -0.05) is 0 Å². The van der Waals surface area contributed by atoms with Crippen molar-refractivity contribution in [3.63, 3.8) is 0 Å². The number of nitrogens with zero attached hydrogens (tertiary/aromatic N) is 3. The molecule has 0 aromatic carbocycles. The van der Waals surface area contributed by atoms with Crippen molar-refractivity contribution in [2.24, 2.45) is 0 Å². The highest BCUT2D eigenvalue weighted by Gasteiger charge is 2.07. The van der Waals surface area contributed by atoms with Crippen molar-refractivity contribution in [3.8, 4) is 0 Å². The van der Waals surface area contributed by atoms with Gasteiger partial charge in [-0.15, -0.1) is 21.5 Å². The van der Waals surface area contributed by atoms with Gasteiger partial charge in [0, 0.05) is 24.1 Å². The van der Waals surface area contributed by atoms with Gasteiger partial charge in [0.1, 0.15) is 4.60 Å². The van der Waals surface area contributed by atoms with Crippen molar-refractivity contribution >= 4 is 39.0 Å². The van der Waals surface area contributed by atoms with E-state index in [9.17, 15) is 0 Å². The molecule has 68 valence electrons. The zero-order chi connectivity index (χ0) is 9.26. The summed E-state index contributed by atoms with van der Waals surface area (Å²) in [5.74, 6) is 0.568. The van der Waals surface area contributed by atoms with E-state index in [4.69, 9.17) is 4.42 Å². The molecule has 0 unspecified atom stereocenters. The largest absolute Gasteiger partial charge is 0.416 e. The molecule has 2 aromatic rings. The molecule has 0 N–H and O–H groups in total. The Balaban J connectivity index is 2.14. The fraction of sp³-hybridized carbons (Fsp3) is 0.167. The van der Waals surface area contributed by atoms with Gasteiger partial charge in [-0.3, -0.25) is 0 Å². The van der Waals surface area contributed by atoms with Gasteiger partial charge in [-0.05, 0) is 15.9 Å². The Bertz CT molecular complexity index is 375. The number of rotatable bonds is 2. The Kier molecular flexibility index (Phi) is 2.66. The number of hydrogen-bond donors (Lipinski definition) is 0. The molecule has 0 radical (unpaired) electrons. The van der Waals surface area contributed by atoms with Gasteiger partial charge in [-0.25, -0.2) is 4.98 Å². The minimum atomic E-state index is 0.527. The Hall–Kier alpha value is -0.400. The van der Waals surface area contributed by atoms with Crippen LogP contribution in [0.4, 0.5) is 0 Å². The van der Waals surface area contributed by atoms with Gasteiger partial charge in [0.25, 0.3) is 5.22 Å². The van der Waals surface area contributed by atoms with Gasteiger partial charge >= 0.3 is 0 Å². The number of aromatic nitrogens is 3. The molecule has 4 nitrogen and oxygen atoms in total. The fourth-order valence-electron chi connectivity index (χ4n) is 0.680. The van der Waals surface area contributed by atoms with Gasteiger partial charge < -0.3 is 4.42 Å². The Morgan fingerprint density at radius 1 is 1.54 bits per heavy atom. The van der Waals surface area contributed by atoms with Crippen LogP contribution in [-0.2, 0) is 0 Å². The molecule has 0 amide bonds. The van der Waals surface area contributed by atoms with Gasteiger partial charge in [0.15, 0.2) is 4.34 Å². The second-order valence-electron chi connectivity index (χ2n) is 2.13.